The van der Waals surface area contributed by atoms with Gasteiger partial charge in [-0.3, -0.25) is 0 Å². The summed E-state index contributed by atoms with van der Waals surface area (Å²) in [4.78, 5) is 0. The molecule has 0 fully saturated rings. The van der Waals surface area contributed by atoms with Gasteiger partial charge in [-0.1, -0.05) is 13.8 Å². The standard InChI is InChI=1S/C7H15Cl2N/c1-6(2)10-7(3,4-8)5-9/h6,10H,4-5H2,1-3H3. The summed E-state index contributed by atoms with van der Waals surface area (Å²) in [6.45, 7) is 6.18. The highest BCUT2D eigenvalue weighted by Crippen LogP contribution is 2.09. The molecule has 0 atom stereocenters. The molecule has 0 aromatic rings. The summed E-state index contributed by atoms with van der Waals surface area (Å²) in [5, 5.41) is 3.29. The SMILES string of the molecule is CC(C)NC(C)(CCl)CCl. The number of hydrogen-bond donors (Lipinski definition) is 1. The summed E-state index contributed by atoms with van der Waals surface area (Å²) in [5.74, 6) is 1.10. The first-order valence-electron chi connectivity index (χ1n) is 3.44. The molecule has 0 bridgehead atoms. The molecule has 0 radical (unpaired) electrons. The van der Waals surface area contributed by atoms with Crippen molar-refractivity contribution < 1.29 is 0 Å². The predicted octanol–water partition coefficient (Wildman–Crippen LogP) is 2.22. The molecule has 0 unspecified atom stereocenters. The van der Waals surface area contributed by atoms with Gasteiger partial charge in [0.2, 0.25) is 0 Å². The van der Waals surface area contributed by atoms with Crippen molar-refractivity contribution in [2.45, 2.75) is 32.4 Å². The second-order valence-electron chi connectivity index (χ2n) is 3.13. The van der Waals surface area contributed by atoms with Crippen LogP contribution < -0.4 is 5.32 Å². The molecule has 0 aliphatic heterocycles. The maximum Gasteiger partial charge on any atom is 0.0427 e. The molecule has 0 saturated heterocycles. The Morgan fingerprint density at radius 2 is 1.70 bits per heavy atom. The third-order valence-electron chi connectivity index (χ3n) is 1.23. The normalized spacial score (nSPS) is 12.6. The van der Waals surface area contributed by atoms with Crippen molar-refractivity contribution in [1.82, 2.24) is 5.32 Å². The lowest BCUT2D eigenvalue weighted by atomic mass is 10.1. The number of alkyl halides is 2. The lowest BCUT2D eigenvalue weighted by Gasteiger charge is -2.28. The summed E-state index contributed by atoms with van der Waals surface area (Å²) in [6.07, 6.45) is 0. The van der Waals surface area contributed by atoms with Crippen LogP contribution in [0.3, 0.4) is 0 Å². The molecule has 10 heavy (non-hydrogen) atoms. The molecular weight excluding hydrogens is 169 g/mol. The first kappa shape index (κ1) is 10.5. The van der Waals surface area contributed by atoms with E-state index in [2.05, 4.69) is 19.2 Å². The van der Waals surface area contributed by atoms with Gasteiger partial charge in [-0.15, -0.1) is 23.2 Å². The van der Waals surface area contributed by atoms with Crippen molar-refractivity contribution in [2.75, 3.05) is 11.8 Å². The van der Waals surface area contributed by atoms with E-state index < -0.39 is 0 Å². The zero-order valence-corrected chi connectivity index (χ0v) is 8.26. The fraction of sp³-hybridized carbons (Fsp3) is 1.00. The Morgan fingerprint density at radius 1 is 1.30 bits per heavy atom. The Bertz CT molecular complexity index is 89.6. The van der Waals surface area contributed by atoms with Crippen LogP contribution in [0.1, 0.15) is 20.8 Å². The van der Waals surface area contributed by atoms with Gasteiger partial charge in [-0.2, -0.15) is 0 Å². The molecule has 3 heteroatoms. The lowest BCUT2D eigenvalue weighted by molar-refractivity contribution is 0.395. The highest BCUT2D eigenvalue weighted by Gasteiger charge is 2.21. The van der Waals surface area contributed by atoms with Crippen molar-refractivity contribution in [2.24, 2.45) is 0 Å². The van der Waals surface area contributed by atoms with E-state index >= 15 is 0 Å². The molecular formula is C7H15Cl2N. The predicted molar refractivity (Wildman–Crippen MR) is 48.1 cm³/mol. The fourth-order valence-corrected chi connectivity index (χ4v) is 1.25. The van der Waals surface area contributed by atoms with Crippen molar-refractivity contribution in [3.8, 4) is 0 Å². The van der Waals surface area contributed by atoms with Gasteiger partial charge in [0.25, 0.3) is 0 Å². The smallest absolute Gasteiger partial charge is 0.0427 e. The van der Waals surface area contributed by atoms with Gasteiger partial charge in [0, 0.05) is 23.3 Å². The average molecular weight is 184 g/mol. The van der Waals surface area contributed by atoms with Gasteiger partial charge in [-0.25, -0.2) is 0 Å². The van der Waals surface area contributed by atoms with Gasteiger partial charge >= 0.3 is 0 Å². The molecule has 0 aliphatic rings. The van der Waals surface area contributed by atoms with Gasteiger partial charge in [-0.05, 0) is 6.92 Å². The third kappa shape index (κ3) is 3.65. The second kappa shape index (κ2) is 4.42. The molecule has 0 amide bonds. The lowest BCUT2D eigenvalue weighted by Crippen LogP contribution is -2.49. The topological polar surface area (TPSA) is 12.0 Å². The van der Waals surface area contributed by atoms with Crippen LogP contribution in [0.5, 0.6) is 0 Å². The Hall–Kier alpha value is 0.540. The Balaban J connectivity index is 3.80. The molecule has 1 N–H and O–H groups in total. The van der Waals surface area contributed by atoms with Crippen molar-refractivity contribution in [3.63, 3.8) is 0 Å². The van der Waals surface area contributed by atoms with Gasteiger partial charge in [0.15, 0.2) is 0 Å². The Kier molecular flexibility index (Phi) is 4.66. The summed E-state index contributed by atoms with van der Waals surface area (Å²) < 4.78 is 0. The van der Waals surface area contributed by atoms with Crippen LogP contribution in [0.25, 0.3) is 0 Å². The second-order valence-corrected chi connectivity index (χ2v) is 3.66. The number of halogens is 2. The number of hydrogen-bond acceptors (Lipinski definition) is 1. The molecule has 0 spiro atoms. The van der Waals surface area contributed by atoms with E-state index in [4.69, 9.17) is 23.2 Å². The maximum atomic E-state index is 5.71. The van der Waals surface area contributed by atoms with Crippen LogP contribution >= 0.6 is 23.2 Å². The third-order valence-corrected chi connectivity index (χ3v) is 2.41. The van der Waals surface area contributed by atoms with Crippen LogP contribution in [0, 0.1) is 0 Å². The van der Waals surface area contributed by atoms with E-state index in [0.717, 1.165) is 0 Å². The first-order valence-corrected chi connectivity index (χ1v) is 4.50. The van der Waals surface area contributed by atoms with Crippen LogP contribution in [0.4, 0.5) is 0 Å². The minimum Gasteiger partial charge on any atom is -0.307 e. The van der Waals surface area contributed by atoms with E-state index in [1.165, 1.54) is 0 Å². The molecule has 0 saturated carbocycles. The highest BCUT2D eigenvalue weighted by molar-refractivity contribution is 6.22. The summed E-state index contributed by atoms with van der Waals surface area (Å²) in [7, 11) is 0. The minimum atomic E-state index is -0.114. The Morgan fingerprint density at radius 3 is 1.80 bits per heavy atom. The van der Waals surface area contributed by atoms with E-state index in [1.54, 1.807) is 0 Å². The number of rotatable bonds is 4. The Labute approximate surface area is 73.1 Å². The molecule has 0 rings (SSSR count). The van der Waals surface area contributed by atoms with E-state index in [1.807, 2.05) is 6.92 Å². The van der Waals surface area contributed by atoms with Gasteiger partial charge in [0.1, 0.15) is 0 Å². The van der Waals surface area contributed by atoms with Gasteiger partial charge in [0.05, 0.1) is 0 Å². The van der Waals surface area contributed by atoms with E-state index in [0.29, 0.717) is 17.8 Å². The maximum absolute atomic E-state index is 5.71. The first-order chi connectivity index (χ1) is 4.54. The highest BCUT2D eigenvalue weighted by atomic mass is 35.5. The van der Waals surface area contributed by atoms with Crippen molar-refractivity contribution >= 4 is 23.2 Å². The van der Waals surface area contributed by atoms with Gasteiger partial charge < -0.3 is 5.32 Å². The quantitative estimate of drug-likeness (QED) is 0.660. The van der Waals surface area contributed by atoms with Crippen LogP contribution in [0.2, 0.25) is 0 Å². The zero-order chi connectivity index (χ0) is 8.20. The number of nitrogens with one attached hydrogen (secondary N) is 1. The van der Waals surface area contributed by atoms with E-state index in [-0.39, 0.29) is 5.54 Å². The molecule has 0 heterocycles. The zero-order valence-electron chi connectivity index (χ0n) is 6.75. The summed E-state index contributed by atoms with van der Waals surface area (Å²) in [6, 6.07) is 0.433. The average Bonchev–Trinajstić information content (AvgIpc) is 1.87. The molecule has 0 aromatic heterocycles. The fourth-order valence-electron chi connectivity index (χ4n) is 0.810. The minimum absolute atomic E-state index is 0.114. The van der Waals surface area contributed by atoms with Crippen LogP contribution in [0.15, 0.2) is 0 Å². The van der Waals surface area contributed by atoms with Crippen LogP contribution in [-0.4, -0.2) is 23.3 Å². The monoisotopic (exact) mass is 183 g/mol. The molecule has 1 nitrogen and oxygen atoms in total. The van der Waals surface area contributed by atoms with Crippen LogP contribution in [-0.2, 0) is 0 Å². The molecule has 0 aliphatic carbocycles. The largest absolute Gasteiger partial charge is 0.307 e. The van der Waals surface area contributed by atoms with Crippen molar-refractivity contribution in [1.29, 1.82) is 0 Å². The van der Waals surface area contributed by atoms with E-state index in [9.17, 15) is 0 Å². The summed E-state index contributed by atoms with van der Waals surface area (Å²) >= 11 is 11.4. The summed E-state index contributed by atoms with van der Waals surface area (Å²) in [5.41, 5.74) is -0.114. The van der Waals surface area contributed by atoms with Crippen molar-refractivity contribution in [3.05, 3.63) is 0 Å². The molecule has 62 valence electrons. The molecule has 0 aromatic carbocycles.